The molecule has 0 bridgehead atoms. The first kappa shape index (κ1) is 10.6. The molecule has 2 N–H and O–H groups in total. The maximum atomic E-state index is 5.64. The van der Waals surface area contributed by atoms with Gasteiger partial charge in [0.05, 0.1) is 6.54 Å². The molecule has 0 fully saturated rings. The van der Waals surface area contributed by atoms with Gasteiger partial charge in [0.2, 0.25) is 0 Å². The number of hydrogen-bond acceptors (Lipinski definition) is 3. The monoisotopic (exact) mass is 208 g/mol. The second-order valence-corrected chi connectivity index (χ2v) is 4.15. The Hall–Kier alpha value is -0.870. The fourth-order valence-corrected chi connectivity index (χ4v) is 2.34. The number of imidazole rings is 1. The Kier molecular flexibility index (Phi) is 3.38. The topological polar surface area (TPSA) is 47.1 Å². The molecule has 2 rings (SSSR count). The molecule has 4 nitrogen and oxygen atoms in total. The van der Waals surface area contributed by atoms with Gasteiger partial charge < -0.3 is 10.3 Å². The van der Waals surface area contributed by atoms with E-state index in [1.807, 2.05) is 6.20 Å². The minimum absolute atomic E-state index is 0.625. The van der Waals surface area contributed by atoms with Crippen molar-refractivity contribution in [2.45, 2.75) is 38.9 Å². The van der Waals surface area contributed by atoms with E-state index in [1.54, 1.807) is 0 Å². The molecule has 1 atom stereocenters. The Morgan fingerprint density at radius 3 is 3.13 bits per heavy atom. The molecule has 0 amide bonds. The highest BCUT2D eigenvalue weighted by Crippen LogP contribution is 2.16. The van der Waals surface area contributed by atoms with Gasteiger partial charge in [0.1, 0.15) is 5.82 Å². The van der Waals surface area contributed by atoms with E-state index in [9.17, 15) is 0 Å². The standard InChI is InChI=1S/C11H20N4/c1-2-10(3-4-12)15-8-7-14-6-5-13-11(14)9-15/h5-6,10H,2-4,7-9,12H2,1H3. The van der Waals surface area contributed by atoms with Gasteiger partial charge in [-0.1, -0.05) is 6.92 Å². The third-order valence-electron chi connectivity index (χ3n) is 3.26. The van der Waals surface area contributed by atoms with Gasteiger partial charge in [0.15, 0.2) is 0 Å². The summed E-state index contributed by atoms with van der Waals surface area (Å²) in [5.41, 5.74) is 5.64. The minimum atomic E-state index is 0.625. The molecular formula is C11H20N4. The van der Waals surface area contributed by atoms with Crippen molar-refractivity contribution in [3.05, 3.63) is 18.2 Å². The van der Waals surface area contributed by atoms with Crippen molar-refractivity contribution in [2.24, 2.45) is 5.73 Å². The van der Waals surface area contributed by atoms with E-state index >= 15 is 0 Å². The maximum Gasteiger partial charge on any atom is 0.122 e. The second-order valence-electron chi connectivity index (χ2n) is 4.15. The zero-order valence-electron chi connectivity index (χ0n) is 9.39. The molecular weight excluding hydrogens is 188 g/mol. The van der Waals surface area contributed by atoms with Gasteiger partial charge >= 0.3 is 0 Å². The molecule has 1 aromatic heterocycles. The van der Waals surface area contributed by atoms with Crippen LogP contribution in [0.15, 0.2) is 12.4 Å². The molecule has 84 valence electrons. The summed E-state index contributed by atoms with van der Waals surface area (Å²) in [7, 11) is 0. The van der Waals surface area contributed by atoms with Crippen LogP contribution in [-0.2, 0) is 13.1 Å². The summed E-state index contributed by atoms with van der Waals surface area (Å²) < 4.78 is 2.24. The van der Waals surface area contributed by atoms with Crippen LogP contribution in [0.4, 0.5) is 0 Å². The highest BCUT2D eigenvalue weighted by molar-refractivity contribution is 4.96. The van der Waals surface area contributed by atoms with E-state index in [0.717, 1.165) is 32.6 Å². The van der Waals surface area contributed by atoms with Crippen LogP contribution in [0.2, 0.25) is 0 Å². The van der Waals surface area contributed by atoms with Crippen LogP contribution in [0.5, 0.6) is 0 Å². The van der Waals surface area contributed by atoms with E-state index < -0.39 is 0 Å². The summed E-state index contributed by atoms with van der Waals surface area (Å²) in [6, 6.07) is 0.625. The molecule has 0 spiro atoms. The Bertz CT molecular complexity index is 307. The second kappa shape index (κ2) is 4.77. The zero-order valence-corrected chi connectivity index (χ0v) is 9.39. The third-order valence-corrected chi connectivity index (χ3v) is 3.26. The molecule has 2 heterocycles. The highest BCUT2D eigenvalue weighted by atomic mass is 15.2. The molecule has 1 unspecified atom stereocenters. The molecule has 0 radical (unpaired) electrons. The summed E-state index contributed by atoms with van der Waals surface area (Å²) >= 11 is 0. The van der Waals surface area contributed by atoms with Crippen LogP contribution in [0, 0.1) is 0 Å². The van der Waals surface area contributed by atoms with E-state index in [0.29, 0.717) is 6.04 Å². The number of nitrogens with zero attached hydrogens (tertiary/aromatic N) is 3. The SMILES string of the molecule is CCC(CCN)N1CCn2ccnc2C1. The van der Waals surface area contributed by atoms with Gasteiger partial charge in [-0.25, -0.2) is 4.98 Å². The fourth-order valence-electron chi connectivity index (χ4n) is 2.34. The fraction of sp³-hybridized carbons (Fsp3) is 0.727. The largest absolute Gasteiger partial charge is 0.333 e. The molecule has 1 aliphatic heterocycles. The summed E-state index contributed by atoms with van der Waals surface area (Å²) in [6.07, 6.45) is 6.23. The molecule has 0 aliphatic carbocycles. The van der Waals surface area contributed by atoms with Gasteiger partial charge in [-0.15, -0.1) is 0 Å². The minimum Gasteiger partial charge on any atom is -0.333 e. The lowest BCUT2D eigenvalue weighted by molar-refractivity contribution is 0.142. The van der Waals surface area contributed by atoms with Crippen LogP contribution in [-0.4, -0.2) is 33.6 Å². The van der Waals surface area contributed by atoms with Crippen molar-refractivity contribution in [3.63, 3.8) is 0 Å². The number of fused-ring (bicyclic) bond motifs is 1. The Morgan fingerprint density at radius 2 is 2.40 bits per heavy atom. The third kappa shape index (κ3) is 2.21. The molecule has 4 heteroatoms. The first-order valence-corrected chi connectivity index (χ1v) is 5.79. The van der Waals surface area contributed by atoms with Crippen LogP contribution in [0.25, 0.3) is 0 Å². The molecule has 0 aromatic carbocycles. The van der Waals surface area contributed by atoms with Crippen molar-refractivity contribution in [2.75, 3.05) is 13.1 Å². The molecule has 0 saturated heterocycles. The van der Waals surface area contributed by atoms with Crippen molar-refractivity contribution in [1.29, 1.82) is 0 Å². The summed E-state index contributed by atoms with van der Waals surface area (Å²) in [6.45, 7) is 6.19. The van der Waals surface area contributed by atoms with Gasteiger partial charge in [0.25, 0.3) is 0 Å². The lowest BCUT2D eigenvalue weighted by Gasteiger charge is -2.34. The van der Waals surface area contributed by atoms with E-state index in [4.69, 9.17) is 5.73 Å². The van der Waals surface area contributed by atoms with Crippen LogP contribution in [0.1, 0.15) is 25.6 Å². The normalized spacial score (nSPS) is 18.8. The smallest absolute Gasteiger partial charge is 0.122 e. The lowest BCUT2D eigenvalue weighted by Crippen LogP contribution is -2.41. The van der Waals surface area contributed by atoms with E-state index in [2.05, 4.69) is 27.6 Å². The number of nitrogens with two attached hydrogens (primary N) is 1. The first-order chi connectivity index (χ1) is 7.35. The van der Waals surface area contributed by atoms with Crippen LogP contribution < -0.4 is 5.73 Å². The summed E-state index contributed by atoms with van der Waals surface area (Å²) in [5.74, 6) is 1.19. The Morgan fingerprint density at radius 1 is 1.53 bits per heavy atom. The summed E-state index contributed by atoms with van der Waals surface area (Å²) in [4.78, 5) is 6.88. The van der Waals surface area contributed by atoms with Crippen molar-refractivity contribution < 1.29 is 0 Å². The van der Waals surface area contributed by atoms with Crippen LogP contribution >= 0.6 is 0 Å². The lowest BCUT2D eigenvalue weighted by atomic mass is 10.1. The average Bonchev–Trinajstić information content (AvgIpc) is 2.72. The van der Waals surface area contributed by atoms with E-state index in [-0.39, 0.29) is 0 Å². The number of aromatic nitrogens is 2. The van der Waals surface area contributed by atoms with Crippen molar-refractivity contribution >= 4 is 0 Å². The van der Waals surface area contributed by atoms with Crippen LogP contribution in [0.3, 0.4) is 0 Å². The molecule has 15 heavy (non-hydrogen) atoms. The molecule has 1 aliphatic rings. The molecule has 1 aromatic rings. The predicted molar refractivity (Wildman–Crippen MR) is 60.4 cm³/mol. The maximum absolute atomic E-state index is 5.64. The van der Waals surface area contributed by atoms with E-state index in [1.165, 1.54) is 12.2 Å². The summed E-state index contributed by atoms with van der Waals surface area (Å²) in [5, 5.41) is 0. The predicted octanol–water partition coefficient (Wildman–Crippen LogP) is 0.826. The quantitative estimate of drug-likeness (QED) is 0.797. The van der Waals surface area contributed by atoms with Gasteiger partial charge in [-0.2, -0.15) is 0 Å². The van der Waals surface area contributed by atoms with Gasteiger partial charge in [-0.05, 0) is 19.4 Å². The van der Waals surface area contributed by atoms with Gasteiger partial charge in [0, 0.05) is 31.5 Å². The first-order valence-electron chi connectivity index (χ1n) is 5.79. The number of rotatable bonds is 4. The Balaban J connectivity index is 2.01. The average molecular weight is 208 g/mol. The van der Waals surface area contributed by atoms with Gasteiger partial charge in [-0.3, -0.25) is 4.90 Å². The highest BCUT2D eigenvalue weighted by Gasteiger charge is 2.21. The van der Waals surface area contributed by atoms with Crippen molar-refractivity contribution in [1.82, 2.24) is 14.5 Å². The zero-order chi connectivity index (χ0) is 10.7. The van der Waals surface area contributed by atoms with Crippen molar-refractivity contribution in [3.8, 4) is 0 Å². The molecule has 0 saturated carbocycles. The Labute approximate surface area is 91.1 Å². The number of hydrogen-bond donors (Lipinski definition) is 1.